The van der Waals surface area contributed by atoms with Gasteiger partial charge in [-0.15, -0.1) is 11.3 Å². The van der Waals surface area contributed by atoms with Gasteiger partial charge in [0.05, 0.1) is 24.9 Å². The lowest BCUT2D eigenvalue weighted by molar-refractivity contribution is 0.0531. The third-order valence-electron chi connectivity index (χ3n) is 4.01. The topological polar surface area (TPSA) is 84.8 Å². The van der Waals surface area contributed by atoms with Crippen LogP contribution in [0.2, 0.25) is 0 Å². The number of nitrogens with zero attached hydrogens (tertiary/aromatic N) is 2. The summed E-state index contributed by atoms with van der Waals surface area (Å²) in [6.07, 6.45) is -0.315. The quantitative estimate of drug-likeness (QED) is 0.353. The van der Waals surface area contributed by atoms with Crippen LogP contribution in [0.4, 0.5) is 4.39 Å². The minimum atomic E-state index is -0.400. The van der Waals surface area contributed by atoms with Crippen molar-refractivity contribution in [2.75, 3.05) is 19.7 Å². The minimum Gasteiger partial charge on any atom is -0.486 e. The van der Waals surface area contributed by atoms with E-state index in [2.05, 4.69) is 20.6 Å². The molecule has 0 radical (unpaired) electrons. The number of esters is 1. The number of aromatic nitrogens is 1. The highest BCUT2D eigenvalue weighted by Gasteiger charge is 2.20. The van der Waals surface area contributed by atoms with Crippen LogP contribution in [0, 0.1) is 12.7 Å². The first kappa shape index (κ1) is 23.6. The summed E-state index contributed by atoms with van der Waals surface area (Å²) in [5, 5.41) is 7.22. The van der Waals surface area contributed by atoms with Crippen LogP contribution in [-0.4, -0.2) is 42.7 Å². The monoisotopic (exact) mass is 436 g/mol. The number of hydrogen-bond donors (Lipinski definition) is 2. The van der Waals surface area contributed by atoms with Crippen molar-refractivity contribution in [2.45, 2.75) is 46.8 Å². The van der Waals surface area contributed by atoms with E-state index in [4.69, 9.17) is 9.47 Å². The normalized spacial score (nSPS) is 13.5. The summed E-state index contributed by atoms with van der Waals surface area (Å²) < 4.78 is 24.5. The molecule has 0 bridgehead atoms. The molecule has 2 aromatic rings. The Balaban J connectivity index is 2.02. The number of nitrogens with one attached hydrogen (secondary N) is 2. The van der Waals surface area contributed by atoms with Crippen LogP contribution in [0.5, 0.6) is 5.75 Å². The number of benzene rings is 1. The fraction of sp³-hybridized carbons (Fsp3) is 0.476. The van der Waals surface area contributed by atoms with Crippen molar-refractivity contribution < 1.29 is 18.7 Å². The molecule has 1 heterocycles. The Labute approximate surface area is 180 Å². The molecule has 0 saturated carbocycles. The van der Waals surface area contributed by atoms with Crippen LogP contribution in [0.25, 0.3) is 0 Å². The third kappa shape index (κ3) is 6.69. The van der Waals surface area contributed by atoms with E-state index in [-0.39, 0.29) is 23.9 Å². The van der Waals surface area contributed by atoms with Gasteiger partial charge in [0.1, 0.15) is 16.0 Å². The summed E-state index contributed by atoms with van der Waals surface area (Å²) in [4.78, 5) is 21.6. The van der Waals surface area contributed by atoms with E-state index >= 15 is 0 Å². The van der Waals surface area contributed by atoms with Crippen molar-refractivity contribution in [3.63, 3.8) is 0 Å². The molecule has 0 spiro atoms. The van der Waals surface area contributed by atoms with Crippen molar-refractivity contribution in [2.24, 2.45) is 4.99 Å². The van der Waals surface area contributed by atoms with Gasteiger partial charge in [-0.1, -0.05) is 12.1 Å². The average molecular weight is 437 g/mol. The Morgan fingerprint density at radius 1 is 1.30 bits per heavy atom. The maximum absolute atomic E-state index is 13.7. The van der Waals surface area contributed by atoms with Crippen LogP contribution in [0.1, 0.15) is 54.1 Å². The number of hydrogen-bond acceptors (Lipinski definition) is 6. The van der Waals surface area contributed by atoms with Crippen LogP contribution in [-0.2, 0) is 4.74 Å². The molecule has 2 N–H and O–H groups in total. The third-order valence-corrected chi connectivity index (χ3v) is 5.33. The molecule has 0 amide bonds. The molecule has 0 saturated heterocycles. The Kier molecular flexibility index (Phi) is 9.04. The van der Waals surface area contributed by atoms with E-state index in [1.54, 1.807) is 32.0 Å². The van der Waals surface area contributed by atoms with Crippen molar-refractivity contribution in [3.8, 4) is 5.75 Å². The van der Waals surface area contributed by atoms with E-state index in [1.165, 1.54) is 17.4 Å². The molecule has 0 aliphatic carbocycles. The zero-order chi connectivity index (χ0) is 22.1. The molecular weight excluding hydrogens is 407 g/mol. The molecule has 0 aliphatic rings. The van der Waals surface area contributed by atoms with Gasteiger partial charge in [0.25, 0.3) is 0 Å². The Hall–Kier alpha value is -2.68. The predicted octanol–water partition coefficient (Wildman–Crippen LogP) is 3.85. The van der Waals surface area contributed by atoms with Crippen molar-refractivity contribution in [1.29, 1.82) is 0 Å². The number of para-hydroxylation sites is 1. The fourth-order valence-corrected chi connectivity index (χ4v) is 3.55. The molecule has 0 fully saturated rings. The Morgan fingerprint density at radius 3 is 2.70 bits per heavy atom. The van der Waals surface area contributed by atoms with Gasteiger partial charge < -0.3 is 20.1 Å². The molecule has 9 heteroatoms. The minimum absolute atomic E-state index is 0.169. The zero-order valence-electron chi connectivity index (χ0n) is 18.0. The van der Waals surface area contributed by atoms with E-state index in [1.807, 2.05) is 20.8 Å². The number of guanidine groups is 1. The Bertz CT molecular complexity index is 872. The first-order valence-corrected chi connectivity index (χ1v) is 10.8. The number of carbonyl (C=O) groups excluding carboxylic acids is 1. The molecular formula is C21H29FN4O3S. The maximum atomic E-state index is 13.7. The predicted molar refractivity (Wildman–Crippen MR) is 117 cm³/mol. The standard InChI is InChI=1S/C21H29FN4O3S/c1-6-23-21(24-12-13(3)29-17-11-9-8-10-16(17)22)26-15(5)19-25-14(4)18(30-19)20(27)28-7-2/h8-11,13,15H,6-7,12H2,1-5H3,(H2,23,24,26). The second-order valence-electron chi connectivity index (χ2n) is 6.63. The second kappa shape index (κ2) is 11.5. The van der Waals surface area contributed by atoms with Gasteiger partial charge in [-0.2, -0.15) is 0 Å². The molecule has 7 nitrogen and oxygen atoms in total. The summed E-state index contributed by atoms with van der Waals surface area (Å²) in [6, 6.07) is 6.12. The average Bonchev–Trinajstić information content (AvgIpc) is 3.10. The van der Waals surface area contributed by atoms with Gasteiger partial charge in [-0.3, -0.25) is 0 Å². The number of aryl methyl sites for hydroxylation is 1. The van der Waals surface area contributed by atoms with E-state index < -0.39 is 5.82 Å². The van der Waals surface area contributed by atoms with Gasteiger partial charge in [0, 0.05) is 6.54 Å². The summed E-state index contributed by atoms with van der Waals surface area (Å²) in [5.41, 5.74) is 0.649. The first-order valence-electron chi connectivity index (χ1n) is 9.96. The lowest BCUT2D eigenvalue weighted by Gasteiger charge is -2.18. The molecule has 2 rings (SSSR count). The number of halogens is 1. The lowest BCUT2D eigenvalue weighted by Crippen LogP contribution is -2.39. The number of carbonyl (C=O) groups is 1. The SMILES string of the molecule is CCNC(=NCC(C)Oc1ccccc1F)NC(C)c1nc(C)c(C(=O)OCC)s1. The number of thiazole rings is 1. The largest absolute Gasteiger partial charge is 0.486 e. The fourth-order valence-electron chi connectivity index (χ4n) is 2.59. The van der Waals surface area contributed by atoms with Gasteiger partial charge >= 0.3 is 5.97 Å². The Morgan fingerprint density at radius 2 is 2.03 bits per heavy atom. The van der Waals surface area contributed by atoms with Gasteiger partial charge in [-0.25, -0.2) is 19.2 Å². The summed E-state index contributed by atoms with van der Waals surface area (Å²) in [7, 11) is 0. The summed E-state index contributed by atoms with van der Waals surface area (Å²) in [6.45, 7) is 10.6. The molecule has 1 aromatic heterocycles. The molecule has 30 heavy (non-hydrogen) atoms. The van der Waals surface area contributed by atoms with Crippen molar-refractivity contribution in [3.05, 3.63) is 45.7 Å². The van der Waals surface area contributed by atoms with Gasteiger partial charge in [-0.05, 0) is 46.8 Å². The van der Waals surface area contributed by atoms with E-state index in [0.29, 0.717) is 36.2 Å². The zero-order valence-corrected chi connectivity index (χ0v) is 18.8. The first-order chi connectivity index (χ1) is 14.3. The van der Waals surface area contributed by atoms with E-state index in [9.17, 15) is 9.18 Å². The summed E-state index contributed by atoms with van der Waals surface area (Å²) in [5.74, 6) is 0.0324. The number of rotatable bonds is 9. The van der Waals surface area contributed by atoms with Crippen LogP contribution < -0.4 is 15.4 Å². The number of ether oxygens (including phenoxy) is 2. The molecule has 1 aromatic carbocycles. The molecule has 2 unspecified atom stereocenters. The molecule has 2 atom stereocenters. The van der Waals surface area contributed by atoms with Crippen molar-refractivity contribution in [1.82, 2.24) is 15.6 Å². The van der Waals surface area contributed by atoms with Crippen LogP contribution in [0.15, 0.2) is 29.3 Å². The second-order valence-corrected chi connectivity index (χ2v) is 7.66. The van der Waals surface area contributed by atoms with E-state index in [0.717, 1.165) is 5.01 Å². The van der Waals surface area contributed by atoms with Crippen LogP contribution in [0.3, 0.4) is 0 Å². The van der Waals surface area contributed by atoms with Gasteiger partial charge in [0.15, 0.2) is 17.5 Å². The molecule has 0 aliphatic heterocycles. The lowest BCUT2D eigenvalue weighted by atomic mass is 10.3. The summed E-state index contributed by atoms with van der Waals surface area (Å²) >= 11 is 1.31. The highest BCUT2D eigenvalue weighted by molar-refractivity contribution is 7.13. The van der Waals surface area contributed by atoms with Crippen LogP contribution >= 0.6 is 11.3 Å². The maximum Gasteiger partial charge on any atom is 0.350 e. The highest BCUT2D eigenvalue weighted by Crippen LogP contribution is 2.24. The highest BCUT2D eigenvalue weighted by atomic mass is 32.1. The number of aliphatic imine (C=N–C) groups is 1. The van der Waals surface area contributed by atoms with Crippen molar-refractivity contribution >= 4 is 23.3 Å². The molecule has 164 valence electrons. The van der Waals surface area contributed by atoms with Gasteiger partial charge in [0.2, 0.25) is 0 Å². The smallest absolute Gasteiger partial charge is 0.350 e.